The number of nitrogens with two attached hydrogens (primary N) is 2. The number of rotatable bonds is 9. The number of anilines is 1. The van der Waals surface area contributed by atoms with Gasteiger partial charge in [-0.1, -0.05) is 37.3 Å². The Balaban J connectivity index is 1.91. The van der Waals surface area contributed by atoms with Crippen LogP contribution < -0.4 is 16.8 Å². The summed E-state index contributed by atoms with van der Waals surface area (Å²) in [5.41, 5.74) is 11.8. The van der Waals surface area contributed by atoms with Crippen molar-refractivity contribution in [3.05, 3.63) is 88.3 Å². The molecule has 0 radical (unpaired) electrons. The highest BCUT2D eigenvalue weighted by atomic mass is 32.1. The molecule has 11 heteroatoms. The minimum Gasteiger partial charge on any atom is -0.395 e. The van der Waals surface area contributed by atoms with Gasteiger partial charge < -0.3 is 21.7 Å². The average Bonchev–Trinajstić information content (AvgIpc) is 3.30. The highest BCUT2D eigenvalue weighted by molar-refractivity contribution is 7.09. The summed E-state index contributed by atoms with van der Waals surface area (Å²) in [7, 11) is 0. The van der Waals surface area contributed by atoms with Gasteiger partial charge in [0.25, 0.3) is 11.8 Å². The fourth-order valence-electron chi connectivity index (χ4n) is 4.08. The smallest absolute Gasteiger partial charge is 0.270 e. The fourth-order valence-corrected chi connectivity index (χ4v) is 4.84. The average molecular weight is 549 g/mol. The van der Waals surface area contributed by atoms with E-state index in [4.69, 9.17) is 11.5 Å². The van der Waals surface area contributed by atoms with Crippen LogP contribution in [-0.4, -0.2) is 37.5 Å². The molecule has 3 amide bonds. The number of nitrogens with one attached hydrogen (secondary N) is 1. The Labute approximate surface area is 229 Å². The van der Waals surface area contributed by atoms with Gasteiger partial charge in [-0.15, -0.1) is 0 Å². The first-order chi connectivity index (χ1) is 18.5. The standard InChI is InChI=1S/C28H29FN6O3S/c1-4-28(2,3)33-26(37)23(17-11-12-20-16(14-17)9-7-13-32-20)35(15-18-8-5-6-10-19(18)29)27(38)24-21(30)22(25(31)36)34-39-24/h5-14,23H,4,15,30H2,1-3H3,(H2,31,36)(H,33,37). The van der Waals surface area contributed by atoms with Crippen molar-refractivity contribution in [2.75, 3.05) is 5.73 Å². The Bertz CT molecular complexity index is 1550. The van der Waals surface area contributed by atoms with Gasteiger partial charge in [0.05, 0.1) is 17.7 Å². The molecule has 2 aromatic carbocycles. The maximum atomic E-state index is 14.9. The first kappa shape index (κ1) is 27.6. The van der Waals surface area contributed by atoms with Crippen LogP contribution in [0.25, 0.3) is 10.9 Å². The van der Waals surface area contributed by atoms with E-state index in [-0.39, 0.29) is 28.4 Å². The van der Waals surface area contributed by atoms with Crippen LogP contribution in [0.3, 0.4) is 0 Å². The second-order valence-corrected chi connectivity index (χ2v) is 10.5. The summed E-state index contributed by atoms with van der Waals surface area (Å²) in [6, 6.07) is 13.7. The van der Waals surface area contributed by atoms with Gasteiger partial charge in [0.15, 0.2) is 5.69 Å². The number of pyridine rings is 1. The molecule has 0 spiro atoms. The highest BCUT2D eigenvalue weighted by Crippen LogP contribution is 2.32. The molecule has 5 N–H and O–H groups in total. The molecule has 0 saturated carbocycles. The monoisotopic (exact) mass is 548 g/mol. The lowest BCUT2D eigenvalue weighted by molar-refractivity contribution is -0.127. The molecule has 4 aromatic rings. The number of nitrogen functional groups attached to an aromatic ring is 1. The van der Waals surface area contributed by atoms with Gasteiger partial charge >= 0.3 is 0 Å². The molecule has 0 aliphatic carbocycles. The SMILES string of the molecule is CCC(C)(C)NC(=O)C(c1ccc2ncccc2c1)N(Cc1ccccc1F)C(=O)c1snc(C(N)=O)c1N. The molecule has 1 atom stereocenters. The first-order valence-corrected chi connectivity index (χ1v) is 13.1. The summed E-state index contributed by atoms with van der Waals surface area (Å²) in [6.45, 7) is 5.41. The molecule has 0 saturated heterocycles. The van der Waals surface area contributed by atoms with Crippen molar-refractivity contribution in [2.45, 2.75) is 45.3 Å². The van der Waals surface area contributed by atoms with Crippen molar-refractivity contribution in [2.24, 2.45) is 5.73 Å². The molecule has 4 rings (SSSR count). The summed E-state index contributed by atoms with van der Waals surface area (Å²) in [5, 5.41) is 3.78. The topological polar surface area (TPSA) is 144 Å². The number of hydrogen-bond donors (Lipinski definition) is 3. The largest absolute Gasteiger partial charge is 0.395 e. The van der Waals surface area contributed by atoms with Crippen LogP contribution in [0, 0.1) is 5.82 Å². The fraction of sp³-hybridized carbons (Fsp3) is 0.250. The summed E-state index contributed by atoms with van der Waals surface area (Å²) < 4.78 is 18.8. The Morgan fingerprint density at radius 1 is 1.13 bits per heavy atom. The third-order valence-corrected chi connectivity index (χ3v) is 7.41. The number of carbonyl (C=O) groups excluding carboxylic acids is 3. The van der Waals surface area contributed by atoms with E-state index in [1.807, 2.05) is 26.8 Å². The molecule has 0 aliphatic rings. The number of halogens is 1. The molecule has 2 aromatic heterocycles. The van der Waals surface area contributed by atoms with Crippen LogP contribution in [0.5, 0.6) is 0 Å². The van der Waals surface area contributed by atoms with Gasteiger partial charge in [-0.2, -0.15) is 4.37 Å². The van der Waals surface area contributed by atoms with Crippen molar-refractivity contribution in [3.63, 3.8) is 0 Å². The van der Waals surface area contributed by atoms with Crippen LogP contribution in [0.1, 0.15) is 64.5 Å². The molecule has 2 heterocycles. The van der Waals surface area contributed by atoms with Crippen molar-refractivity contribution < 1.29 is 18.8 Å². The molecule has 202 valence electrons. The van der Waals surface area contributed by atoms with Crippen LogP contribution in [-0.2, 0) is 11.3 Å². The maximum Gasteiger partial charge on any atom is 0.270 e. The zero-order chi connectivity index (χ0) is 28.3. The van der Waals surface area contributed by atoms with Crippen LogP contribution in [0.15, 0.2) is 60.8 Å². The van der Waals surface area contributed by atoms with E-state index in [9.17, 15) is 18.8 Å². The number of amides is 3. The zero-order valence-corrected chi connectivity index (χ0v) is 22.6. The minimum absolute atomic E-state index is 0.0739. The van der Waals surface area contributed by atoms with E-state index in [2.05, 4.69) is 14.7 Å². The van der Waals surface area contributed by atoms with Gasteiger partial charge in [0.2, 0.25) is 5.91 Å². The molecule has 0 fully saturated rings. The lowest BCUT2D eigenvalue weighted by Gasteiger charge is -2.34. The highest BCUT2D eigenvalue weighted by Gasteiger charge is 2.37. The molecule has 39 heavy (non-hydrogen) atoms. The van der Waals surface area contributed by atoms with E-state index >= 15 is 0 Å². The predicted octanol–water partition coefficient (Wildman–Crippen LogP) is 4.20. The van der Waals surface area contributed by atoms with E-state index in [0.29, 0.717) is 29.0 Å². The third-order valence-electron chi connectivity index (χ3n) is 6.56. The Kier molecular flexibility index (Phi) is 7.91. The second kappa shape index (κ2) is 11.2. The number of benzene rings is 2. The molecule has 9 nitrogen and oxygen atoms in total. The van der Waals surface area contributed by atoms with Gasteiger partial charge in [0.1, 0.15) is 16.7 Å². The summed E-state index contributed by atoms with van der Waals surface area (Å²) in [6.07, 6.45) is 2.28. The first-order valence-electron chi connectivity index (χ1n) is 12.3. The number of nitrogens with zero attached hydrogens (tertiary/aromatic N) is 3. The summed E-state index contributed by atoms with van der Waals surface area (Å²) in [5.74, 6) is -2.58. The van der Waals surface area contributed by atoms with Crippen LogP contribution in [0.2, 0.25) is 0 Å². The van der Waals surface area contributed by atoms with E-state index in [0.717, 1.165) is 5.39 Å². The van der Waals surface area contributed by atoms with Gasteiger partial charge in [-0.05, 0) is 61.6 Å². The van der Waals surface area contributed by atoms with Crippen LogP contribution >= 0.6 is 11.5 Å². The Hall–Kier alpha value is -4.38. The zero-order valence-electron chi connectivity index (χ0n) is 21.8. The number of carbonyl (C=O) groups is 3. The Morgan fingerprint density at radius 2 is 1.87 bits per heavy atom. The number of primary amides is 1. The number of aromatic nitrogens is 2. The van der Waals surface area contributed by atoms with Crippen LogP contribution in [0.4, 0.5) is 10.1 Å². The Morgan fingerprint density at radius 3 is 2.54 bits per heavy atom. The minimum atomic E-state index is -1.19. The normalized spacial score (nSPS) is 12.2. The predicted molar refractivity (Wildman–Crippen MR) is 148 cm³/mol. The summed E-state index contributed by atoms with van der Waals surface area (Å²) >= 11 is 0.698. The van der Waals surface area contributed by atoms with Crippen molar-refractivity contribution in [1.29, 1.82) is 0 Å². The quantitative estimate of drug-likeness (QED) is 0.286. The maximum absolute atomic E-state index is 14.9. The third kappa shape index (κ3) is 5.88. The van der Waals surface area contributed by atoms with Gasteiger partial charge in [0, 0.05) is 22.7 Å². The van der Waals surface area contributed by atoms with Gasteiger partial charge in [-0.3, -0.25) is 19.4 Å². The van der Waals surface area contributed by atoms with Crippen molar-refractivity contribution >= 4 is 45.8 Å². The van der Waals surface area contributed by atoms with E-state index in [1.165, 1.54) is 23.1 Å². The van der Waals surface area contributed by atoms with E-state index in [1.54, 1.807) is 36.5 Å². The lowest BCUT2D eigenvalue weighted by Crippen LogP contribution is -2.50. The molecular weight excluding hydrogens is 519 g/mol. The van der Waals surface area contributed by atoms with Gasteiger partial charge in [-0.25, -0.2) is 4.39 Å². The number of fused-ring (bicyclic) bond motifs is 1. The summed E-state index contributed by atoms with van der Waals surface area (Å²) in [4.78, 5) is 45.3. The molecular formula is C28H29FN6O3S. The molecule has 1 unspecified atom stereocenters. The van der Waals surface area contributed by atoms with E-state index < -0.39 is 35.1 Å². The molecule has 0 aliphatic heterocycles. The lowest BCUT2D eigenvalue weighted by atomic mass is 9.97. The number of hydrogen-bond acceptors (Lipinski definition) is 7. The molecule has 0 bridgehead atoms. The van der Waals surface area contributed by atoms with Crippen molar-refractivity contribution in [1.82, 2.24) is 19.6 Å². The van der Waals surface area contributed by atoms with Crippen molar-refractivity contribution in [3.8, 4) is 0 Å². The second-order valence-electron chi connectivity index (χ2n) is 9.75.